The average molecular weight is 431 g/mol. The number of benzene rings is 2. The molecule has 32 heavy (non-hydrogen) atoms. The van der Waals surface area contributed by atoms with E-state index < -0.39 is 0 Å². The van der Waals surface area contributed by atoms with Crippen molar-refractivity contribution in [3.8, 4) is 0 Å². The molecule has 5 rings (SSSR count). The zero-order chi connectivity index (χ0) is 22.2. The van der Waals surface area contributed by atoms with Gasteiger partial charge in [0.15, 0.2) is 0 Å². The van der Waals surface area contributed by atoms with E-state index in [4.69, 9.17) is 0 Å². The fourth-order valence-electron chi connectivity index (χ4n) is 5.25. The van der Waals surface area contributed by atoms with Crippen LogP contribution in [0.4, 0.5) is 0 Å². The maximum atomic E-state index is 13.4. The lowest BCUT2D eigenvalue weighted by Gasteiger charge is -2.31. The molecule has 166 valence electrons. The van der Waals surface area contributed by atoms with E-state index in [9.17, 15) is 9.59 Å². The number of carbonyl (C=O) groups is 2. The first kappa shape index (κ1) is 20.8. The van der Waals surface area contributed by atoms with Crippen LogP contribution in [0.15, 0.2) is 48.5 Å². The zero-order valence-electron chi connectivity index (χ0n) is 18.7. The number of piperidine rings is 1. The first-order valence-corrected chi connectivity index (χ1v) is 11.4. The van der Waals surface area contributed by atoms with Gasteiger partial charge < -0.3 is 20.5 Å². The molecular weight excluding hydrogens is 400 g/mol. The van der Waals surface area contributed by atoms with Crippen molar-refractivity contribution in [1.29, 1.82) is 0 Å². The van der Waals surface area contributed by atoms with Gasteiger partial charge in [-0.1, -0.05) is 35.9 Å². The largest absolute Gasteiger partial charge is 0.351 e. The van der Waals surface area contributed by atoms with Gasteiger partial charge in [0.1, 0.15) is 5.69 Å². The second kappa shape index (κ2) is 8.43. The number of amides is 2. The molecule has 1 fully saturated rings. The van der Waals surface area contributed by atoms with Crippen LogP contribution in [0.2, 0.25) is 0 Å². The van der Waals surface area contributed by atoms with Crippen molar-refractivity contribution in [2.45, 2.75) is 44.2 Å². The van der Waals surface area contributed by atoms with Crippen LogP contribution in [0.3, 0.4) is 0 Å². The van der Waals surface area contributed by atoms with Crippen molar-refractivity contribution >= 4 is 22.7 Å². The lowest BCUT2D eigenvalue weighted by molar-refractivity contribution is -0.124. The van der Waals surface area contributed by atoms with E-state index in [0.717, 1.165) is 53.5 Å². The number of nitrogens with zero attached hydrogens (tertiary/aromatic N) is 1. The van der Waals surface area contributed by atoms with E-state index in [1.807, 2.05) is 43.3 Å². The molecule has 0 spiro atoms. The Hall–Kier alpha value is -3.12. The van der Waals surface area contributed by atoms with Gasteiger partial charge in [-0.15, -0.1) is 0 Å². The number of hydrogen-bond acceptors (Lipinski definition) is 3. The average Bonchev–Trinajstić information content (AvgIpc) is 3.34. The molecule has 3 atom stereocenters. The van der Waals surface area contributed by atoms with Crippen molar-refractivity contribution in [3.63, 3.8) is 0 Å². The van der Waals surface area contributed by atoms with Crippen LogP contribution in [0.1, 0.15) is 45.9 Å². The highest BCUT2D eigenvalue weighted by Gasteiger charge is 2.39. The molecule has 1 aromatic heterocycles. The molecule has 2 aliphatic rings. The fraction of sp³-hybridized carbons (Fsp3) is 0.385. The summed E-state index contributed by atoms with van der Waals surface area (Å²) in [5.74, 6) is -0.548. The van der Waals surface area contributed by atoms with Crippen LogP contribution in [-0.2, 0) is 11.2 Å². The Morgan fingerprint density at radius 2 is 1.94 bits per heavy atom. The third-order valence-corrected chi connectivity index (χ3v) is 6.82. The number of aromatic amines is 1. The lowest BCUT2D eigenvalue weighted by Crippen LogP contribution is -2.50. The quantitative estimate of drug-likeness (QED) is 0.595. The van der Waals surface area contributed by atoms with Gasteiger partial charge in [-0.3, -0.25) is 9.59 Å². The van der Waals surface area contributed by atoms with Crippen molar-refractivity contribution in [2.24, 2.45) is 0 Å². The van der Waals surface area contributed by atoms with Crippen LogP contribution in [0, 0.1) is 6.92 Å². The third-order valence-electron chi connectivity index (χ3n) is 6.82. The van der Waals surface area contributed by atoms with Gasteiger partial charge in [-0.05, 0) is 69.1 Å². The molecule has 1 aliphatic heterocycles. The molecule has 1 saturated heterocycles. The van der Waals surface area contributed by atoms with Crippen molar-refractivity contribution in [2.75, 3.05) is 20.1 Å². The van der Waals surface area contributed by atoms with Crippen molar-refractivity contribution < 1.29 is 9.59 Å². The Morgan fingerprint density at radius 3 is 2.78 bits per heavy atom. The topological polar surface area (TPSA) is 77.2 Å². The normalized spacial score (nSPS) is 23.1. The minimum atomic E-state index is -0.381. The van der Waals surface area contributed by atoms with Crippen LogP contribution < -0.4 is 10.6 Å². The number of hydrogen-bond donors (Lipinski definition) is 3. The highest BCUT2D eigenvalue weighted by atomic mass is 16.2. The summed E-state index contributed by atoms with van der Waals surface area (Å²) in [5, 5.41) is 7.43. The van der Waals surface area contributed by atoms with Gasteiger partial charge >= 0.3 is 0 Å². The first-order chi connectivity index (χ1) is 15.5. The summed E-state index contributed by atoms with van der Waals surface area (Å²) in [6, 6.07) is 15.9. The zero-order valence-corrected chi connectivity index (χ0v) is 18.7. The molecule has 0 bridgehead atoms. The smallest absolute Gasteiger partial charge is 0.267 e. The summed E-state index contributed by atoms with van der Waals surface area (Å²) in [4.78, 5) is 32.0. The predicted molar refractivity (Wildman–Crippen MR) is 126 cm³/mol. The van der Waals surface area contributed by atoms with Crippen LogP contribution in [0.25, 0.3) is 10.9 Å². The monoisotopic (exact) mass is 430 g/mol. The SMILES string of the molecule is Cc1ccc2[nH]c(C(=O)N[C@H]3Cc4ccccc4[C@@H]3C(=O)N[C@H]3CCCN(C)C3)cc2c1. The number of nitrogens with one attached hydrogen (secondary N) is 3. The summed E-state index contributed by atoms with van der Waals surface area (Å²) in [6.45, 7) is 3.97. The molecule has 2 aromatic carbocycles. The lowest BCUT2D eigenvalue weighted by atomic mass is 9.95. The Bertz CT molecular complexity index is 1170. The fourth-order valence-corrected chi connectivity index (χ4v) is 5.25. The highest BCUT2D eigenvalue weighted by molar-refractivity contribution is 5.99. The third kappa shape index (κ3) is 4.02. The maximum absolute atomic E-state index is 13.4. The van der Waals surface area contributed by atoms with Gasteiger partial charge in [0.2, 0.25) is 5.91 Å². The number of aryl methyl sites for hydroxylation is 1. The summed E-state index contributed by atoms with van der Waals surface area (Å²) in [6.07, 6.45) is 2.74. The molecule has 3 aromatic rings. The summed E-state index contributed by atoms with van der Waals surface area (Å²) >= 11 is 0. The van der Waals surface area contributed by atoms with E-state index >= 15 is 0 Å². The number of likely N-dealkylation sites (N-methyl/N-ethyl adjacent to an activating group) is 1. The number of fused-ring (bicyclic) bond motifs is 2. The summed E-state index contributed by atoms with van der Waals surface area (Å²) < 4.78 is 0. The molecule has 0 unspecified atom stereocenters. The molecular formula is C26H30N4O2. The number of aromatic nitrogens is 1. The summed E-state index contributed by atoms with van der Waals surface area (Å²) in [5.41, 5.74) is 4.76. The second-order valence-corrected chi connectivity index (χ2v) is 9.34. The minimum Gasteiger partial charge on any atom is -0.351 e. The Kier molecular flexibility index (Phi) is 5.47. The number of rotatable bonds is 4. The maximum Gasteiger partial charge on any atom is 0.267 e. The van der Waals surface area contributed by atoms with E-state index in [-0.39, 0.29) is 29.8 Å². The number of likely N-dealkylation sites (tertiary alicyclic amines) is 1. The Morgan fingerprint density at radius 1 is 1.09 bits per heavy atom. The van der Waals surface area contributed by atoms with Gasteiger partial charge in [-0.25, -0.2) is 0 Å². The molecule has 0 radical (unpaired) electrons. The molecule has 3 N–H and O–H groups in total. The van der Waals surface area contributed by atoms with Gasteiger partial charge in [0.25, 0.3) is 5.91 Å². The van der Waals surface area contributed by atoms with E-state index in [0.29, 0.717) is 12.1 Å². The highest BCUT2D eigenvalue weighted by Crippen LogP contribution is 2.34. The standard InChI is InChI=1S/C26H30N4O2/c1-16-9-10-21-18(12-16)14-23(28-21)25(31)29-22-13-17-6-3-4-8-20(17)24(22)26(32)27-19-7-5-11-30(2)15-19/h3-4,6,8-10,12,14,19,22,24,28H,5,7,11,13,15H2,1-2H3,(H,27,32)(H,29,31)/t19-,22-,24-/m0/s1. The number of carbonyl (C=O) groups excluding carboxylic acids is 2. The van der Waals surface area contributed by atoms with Gasteiger partial charge in [-0.2, -0.15) is 0 Å². The van der Waals surface area contributed by atoms with Crippen LogP contribution in [-0.4, -0.2) is 53.9 Å². The van der Waals surface area contributed by atoms with Crippen molar-refractivity contribution in [3.05, 3.63) is 70.9 Å². The van der Waals surface area contributed by atoms with Crippen molar-refractivity contribution in [1.82, 2.24) is 20.5 Å². The van der Waals surface area contributed by atoms with E-state index in [2.05, 4.69) is 39.7 Å². The second-order valence-electron chi connectivity index (χ2n) is 9.34. The Balaban J connectivity index is 1.36. The minimum absolute atomic E-state index is 0.00724. The Labute approximate surface area is 188 Å². The first-order valence-electron chi connectivity index (χ1n) is 11.4. The molecule has 0 saturated carbocycles. The van der Waals surface area contributed by atoms with E-state index in [1.54, 1.807) is 0 Å². The van der Waals surface area contributed by atoms with Crippen LogP contribution in [0.5, 0.6) is 0 Å². The van der Waals surface area contributed by atoms with E-state index in [1.165, 1.54) is 0 Å². The predicted octanol–water partition coefficient (Wildman–Crippen LogP) is 3.13. The number of H-pyrrole nitrogens is 1. The molecule has 6 heteroatoms. The molecule has 6 nitrogen and oxygen atoms in total. The molecule has 1 aliphatic carbocycles. The molecule has 2 amide bonds. The van der Waals surface area contributed by atoms with Gasteiger partial charge in [0, 0.05) is 29.5 Å². The molecule has 2 heterocycles. The summed E-state index contributed by atoms with van der Waals surface area (Å²) in [7, 11) is 2.09. The van der Waals surface area contributed by atoms with Crippen LogP contribution >= 0.6 is 0 Å². The van der Waals surface area contributed by atoms with Gasteiger partial charge in [0.05, 0.1) is 5.92 Å².